The Morgan fingerprint density at radius 3 is 2.36 bits per heavy atom. The van der Waals surface area contributed by atoms with Crippen molar-refractivity contribution >= 4 is 37.0 Å². The van der Waals surface area contributed by atoms with Gasteiger partial charge >= 0.3 is 11.2 Å². The number of aromatic nitrogens is 2. The summed E-state index contributed by atoms with van der Waals surface area (Å²) in [5.41, 5.74) is -0.938. The Morgan fingerprint density at radius 2 is 1.86 bits per heavy atom. The Kier molecular flexibility index (Phi) is 6.63. The quantitative estimate of drug-likeness (QED) is 0.616. The molecule has 9 nitrogen and oxygen atoms in total. The van der Waals surface area contributed by atoms with Crippen LogP contribution in [0.25, 0.3) is 0 Å². The number of hydrogen-bond donors (Lipinski definition) is 2. The molecule has 0 spiro atoms. The number of nitrogens with one attached hydrogen (secondary N) is 1. The second kappa shape index (κ2) is 8.41. The fourth-order valence-electron chi connectivity index (χ4n) is 2.16. The third kappa shape index (κ3) is 5.63. The zero-order valence-electron chi connectivity index (χ0n) is 15.5. The second-order valence-electron chi connectivity index (χ2n) is 6.83. The summed E-state index contributed by atoms with van der Waals surface area (Å²) >= 11 is 3.21. The molecule has 2 aromatic rings. The number of hydrogen-bond acceptors (Lipinski definition) is 6. The smallest absolute Gasteiger partial charge is 0.367 e. The van der Waals surface area contributed by atoms with Gasteiger partial charge in [0.1, 0.15) is 11.5 Å². The van der Waals surface area contributed by atoms with Gasteiger partial charge in [-0.15, -0.1) is 0 Å². The molecule has 0 unspecified atom stereocenters. The van der Waals surface area contributed by atoms with E-state index in [1.165, 1.54) is 24.3 Å². The molecule has 0 aliphatic heterocycles. The van der Waals surface area contributed by atoms with Crippen molar-refractivity contribution in [2.75, 3.05) is 6.54 Å². The fraction of sp³-hybridized carbons (Fsp3) is 0.353. The number of aromatic amines is 1. The van der Waals surface area contributed by atoms with Gasteiger partial charge in [-0.25, -0.2) is 23.3 Å². The van der Waals surface area contributed by atoms with Crippen molar-refractivity contribution in [2.24, 2.45) is 0 Å². The molecule has 1 aromatic heterocycles. The number of carbonyl (C=O) groups excluding carboxylic acids is 1. The lowest BCUT2D eigenvalue weighted by Gasteiger charge is -2.29. The average Bonchev–Trinajstić information content (AvgIpc) is 3.06. The molecule has 1 amide bonds. The molecule has 0 bridgehead atoms. The summed E-state index contributed by atoms with van der Waals surface area (Å²) in [6, 6.07) is 5.67. The molecule has 0 saturated carbocycles. The number of hydroxylamine groups is 2. The Bertz CT molecular complexity index is 964. The lowest BCUT2D eigenvalue weighted by molar-refractivity contribution is -0.187. The van der Waals surface area contributed by atoms with Crippen LogP contribution in [0.4, 0.5) is 4.79 Å². The molecule has 152 valence electrons. The van der Waals surface area contributed by atoms with Gasteiger partial charge in [0.05, 0.1) is 23.2 Å². The maximum Gasteiger partial charge on any atom is 0.367 e. The van der Waals surface area contributed by atoms with Gasteiger partial charge in [0.25, 0.3) is 9.84 Å². The zero-order valence-corrected chi connectivity index (χ0v) is 17.9. The van der Waals surface area contributed by atoms with Crippen molar-refractivity contribution in [1.82, 2.24) is 15.0 Å². The SMILES string of the molecule is CC(C)(C)ON(CCc1ncc(C(=O)O)[nH]1)C(=O)S(=O)(=O)c1ccc(Br)cc1. The zero-order chi connectivity index (χ0) is 21.1. The van der Waals surface area contributed by atoms with Gasteiger partial charge in [-0.05, 0) is 45.0 Å². The van der Waals surface area contributed by atoms with Crippen LogP contribution >= 0.6 is 15.9 Å². The first-order valence-electron chi connectivity index (χ1n) is 8.18. The second-order valence-corrected chi connectivity index (χ2v) is 9.57. The normalized spacial score (nSPS) is 12.0. The Labute approximate surface area is 170 Å². The molecule has 28 heavy (non-hydrogen) atoms. The third-order valence-corrected chi connectivity index (χ3v) is 5.44. The van der Waals surface area contributed by atoms with Crippen LogP contribution in [0, 0.1) is 0 Å². The van der Waals surface area contributed by atoms with E-state index < -0.39 is 26.6 Å². The summed E-state index contributed by atoms with van der Waals surface area (Å²) in [6.45, 7) is 4.89. The van der Waals surface area contributed by atoms with E-state index in [1.54, 1.807) is 20.8 Å². The van der Waals surface area contributed by atoms with Crippen molar-refractivity contribution in [3.05, 3.63) is 46.5 Å². The molecule has 11 heteroatoms. The van der Waals surface area contributed by atoms with Crippen LogP contribution < -0.4 is 0 Å². The number of carbonyl (C=O) groups is 2. The highest BCUT2D eigenvalue weighted by atomic mass is 79.9. The Hall–Kier alpha value is -2.24. The predicted octanol–water partition coefficient (Wildman–Crippen LogP) is 3.04. The van der Waals surface area contributed by atoms with Crippen molar-refractivity contribution in [3.8, 4) is 0 Å². The molecule has 2 rings (SSSR count). The minimum absolute atomic E-state index is 0.0744. The van der Waals surface area contributed by atoms with Crippen LogP contribution in [-0.2, 0) is 21.1 Å². The minimum atomic E-state index is -4.32. The molecule has 0 saturated heterocycles. The number of imidazole rings is 1. The minimum Gasteiger partial charge on any atom is -0.477 e. The summed E-state index contributed by atoms with van der Waals surface area (Å²) in [4.78, 5) is 35.5. The van der Waals surface area contributed by atoms with E-state index in [-0.39, 0.29) is 29.4 Å². The van der Waals surface area contributed by atoms with Gasteiger partial charge in [-0.3, -0.25) is 9.63 Å². The largest absolute Gasteiger partial charge is 0.477 e. The van der Waals surface area contributed by atoms with E-state index >= 15 is 0 Å². The number of amides is 1. The summed E-state index contributed by atoms with van der Waals surface area (Å²) in [6.07, 6.45) is 1.22. The van der Waals surface area contributed by atoms with Crippen molar-refractivity contribution in [1.29, 1.82) is 0 Å². The third-order valence-electron chi connectivity index (χ3n) is 3.35. The van der Waals surface area contributed by atoms with Gasteiger partial charge in [0.2, 0.25) is 0 Å². The maximum atomic E-state index is 12.7. The number of rotatable bonds is 6. The molecule has 0 aliphatic rings. The molecular formula is C17H20BrN3O6S. The first kappa shape index (κ1) is 22.1. The van der Waals surface area contributed by atoms with E-state index in [0.29, 0.717) is 4.47 Å². The van der Waals surface area contributed by atoms with Gasteiger partial charge < -0.3 is 10.1 Å². The Morgan fingerprint density at radius 1 is 1.25 bits per heavy atom. The van der Waals surface area contributed by atoms with Crippen LogP contribution in [0.15, 0.2) is 39.8 Å². The summed E-state index contributed by atoms with van der Waals surface area (Å²) in [5, 5.41) is 8.48. The van der Waals surface area contributed by atoms with Gasteiger partial charge in [-0.2, -0.15) is 0 Å². The molecule has 1 aromatic carbocycles. The summed E-state index contributed by atoms with van der Waals surface area (Å²) in [5.74, 6) is -0.885. The monoisotopic (exact) mass is 473 g/mol. The lowest BCUT2D eigenvalue weighted by atomic mass is 10.2. The van der Waals surface area contributed by atoms with Gasteiger partial charge in [-0.1, -0.05) is 15.9 Å². The predicted molar refractivity (Wildman–Crippen MR) is 104 cm³/mol. The molecule has 0 atom stereocenters. The first-order valence-corrected chi connectivity index (χ1v) is 10.5. The number of benzene rings is 1. The van der Waals surface area contributed by atoms with E-state index in [9.17, 15) is 18.0 Å². The highest BCUT2D eigenvalue weighted by Gasteiger charge is 2.33. The summed E-state index contributed by atoms with van der Waals surface area (Å²) in [7, 11) is -4.32. The summed E-state index contributed by atoms with van der Waals surface area (Å²) < 4.78 is 26.1. The van der Waals surface area contributed by atoms with Gasteiger partial charge in [0, 0.05) is 10.9 Å². The molecule has 1 heterocycles. The number of carboxylic acids is 1. The molecule has 0 fully saturated rings. The van der Waals surface area contributed by atoms with E-state index in [0.717, 1.165) is 11.3 Å². The molecule has 0 radical (unpaired) electrons. The number of aromatic carboxylic acids is 1. The highest BCUT2D eigenvalue weighted by molar-refractivity contribution is 9.10. The molecule has 2 N–H and O–H groups in total. The fourth-order valence-corrected chi connectivity index (χ4v) is 3.52. The average molecular weight is 474 g/mol. The number of nitrogens with zero attached hydrogens (tertiary/aromatic N) is 2. The molecular weight excluding hydrogens is 454 g/mol. The maximum absolute atomic E-state index is 12.7. The van der Waals surface area contributed by atoms with E-state index in [4.69, 9.17) is 9.94 Å². The number of halogens is 1. The van der Waals surface area contributed by atoms with Crippen molar-refractivity contribution in [2.45, 2.75) is 37.7 Å². The van der Waals surface area contributed by atoms with Crippen LogP contribution in [0.1, 0.15) is 37.1 Å². The number of carboxylic acid groups (broad SMARTS) is 1. The van der Waals surface area contributed by atoms with Crippen LogP contribution in [0.3, 0.4) is 0 Å². The van der Waals surface area contributed by atoms with Crippen LogP contribution in [0.2, 0.25) is 0 Å². The Balaban J connectivity index is 2.24. The first-order chi connectivity index (χ1) is 12.9. The van der Waals surface area contributed by atoms with E-state index in [1.807, 2.05) is 0 Å². The molecule has 0 aliphatic carbocycles. The van der Waals surface area contributed by atoms with Crippen molar-refractivity contribution < 1.29 is 28.0 Å². The highest BCUT2D eigenvalue weighted by Crippen LogP contribution is 2.21. The lowest BCUT2D eigenvalue weighted by Crippen LogP contribution is -2.42. The van der Waals surface area contributed by atoms with E-state index in [2.05, 4.69) is 25.9 Å². The van der Waals surface area contributed by atoms with Crippen LogP contribution in [0.5, 0.6) is 0 Å². The van der Waals surface area contributed by atoms with Gasteiger partial charge in [0.15, 0.2) is 0 Å². The topological polar surface area (TPSA) is 130 Å². The number of H-pyrrole nitrogens is 1. The van der Waals surface area contributed by atoms with Crippen molar-refractivity contribution in [3.63, 3.8) is 0 Å². The number of sulfone groups is 1. The van der Waals surface area contributed by atoms with Crippen LogP contribution in [-0.4, -0.2) is 51.9 Å². The standard InChI is InChI=1S/C17H20BrN3O6S/c1-17(2,3)27-21(9-8-14-19-10-13(20-14)15(22)23)16(24)28(25,26)12-6-4-11(18)5-7-12/h4-7,10H,8-9H2,1-3H3,(H,19,20)(H,22,23).